The first kappa shape index (κ1) is 29.6. The molecule has 39 heavy (non-hydrogen) atoms. The maximum Gasteiger partial charge on any atom is 0.493 e. The average Bonchev–Trinajstić information content (AvgIpc) is 3.00. The topological polar surface area (TPSA) is 103 Å². The molecule has 0 spiro atoms. The summed E-state index contributed by atoms with van der Waals surface area (Å²) < 4.78 is 39.3. The Hall–Kier alpha value is -4.00. The van der Waals surface area contributed by atoms with E-state index in [1.54, 1.807) is 52.2 Å². The first-order chi connectivity index (χ1) is 18.1. The van der Waals surface area contributed by atoms with E-state index in [9.17, 15) is 32.3 Å². The molecular weight excluding hydrogens is 519 g/mol. The third-order valence-electron chi connectivity index (χ3n) is 6.11. The molecule has 1 saturated heterocycles. The molecular formula is C26H30F3N5O5. The molecule has 1 fully saturated rings. The van der Waals surface area contributed by atoms with Crippen LogP contribution in [-0.4, -0.2) is 71.0 Å². The average molecular weight is 550 g/mol. The van der Waals surface area contributed by atoms with E-state index in [0.29, 0.717) is 5.56 Å². The number of nitrogens with zero attached hydrogens (tertiary/aromatic N) is 5. The van der Waals surface area contributed by atoms with Gasteiger partial charge < -0.3 is 14.6 Å². The third-order valence-corrected chi connectivity index (χ3v) is 6.11. The Balaban J connectivity index is 2.10. The van der Waals surface area contributed by atoms with Gasteiger partial charge in [-0.2, -0.15) is 13.2 Å². The van der Waals surface area contributed by atoms with Gasteiger partial charge in [-0.25, -0.2) is 14.5 Å². The molecule has 13 heteroatoms. The lowest BCUT2D eigenvalue weighted by molar-refractivity contribution is -0.201. The summed E-state index contributed by atoms with van der Waals surface area (Å²) in [5.41, 5.74) is -0.372. The standard InChI is InChI=1S/C26H30F3N5O5/c1-16(2)19-8-7-18(13-20(19)34(21(35)15-31(5)6)39-23(37)26(27,28)29)33-22(36)25(3,4)32(24(33)38)14-17-9-11-30-12-10-17/h7-13,16H,14-15H2,1-6H3. The summed E-state index contributed by atoms with van der Waals surface area (Å²) in [4.78, 5) is 63.9. The van der Waals surface area contributed by atoms with Crippen LogP contribution in [0.15, 0.2) is 42.7 Å². The Kier molecular flexibility index (Phi) is 8.34. The van der Waals surface area contributed by atoms with E-state index in [1.165, 1.54) is 42.1 Å². The molecule has 210 valence electrons. The van der Waals surface area contributed by atoms with Crippen LogP contribution in [0.3, 0.4) is 0 Å². The van der Waals surface area contributed by atoms with Gasteiger partial charge in [0.2, 0.25) is 0 Å². The smallest absolute Gasteiger partial charge is 0.324 e. The van der Waals surface area contributed by atoms with Gasteiger partial charge in [0, 0.05) is 18.9 Å². The SMILES string of the molecule is CC(C)c1ccc(N2C(=O)N(Cc3ccncc3)C(C)(C)C2=O)cc1N(OC(=O)C(F)(F)F)C(=O)CN(C)C. The first-order valence-electron chi connectivity index (χ1n) is 12.0. The second-order valence-electron chi connectivity index (χ2n) is 10.1. The predicted molar refractivity (Wildman–Crippen MR) is 135 cm³/mol. The number of carbonyl (C=O) groups is 4. The molecule has 0 radical (unpaired) electrons. The van der Waals surface area contributed by atoms with Crippen LogP contribution in [0.4, 0.5) is 29.3 Å². The molecule has 2 heterocycles. The lowest BCUT2D eigenvalue weighted by Crippen LogP contribution is -2.43. The zero-order valence-corrected chi connectivity index (χ0v) is 22.4. The molecule has 0 saturated carbocycles. The van der Waals surface area contributed by atoms with Crippen LogP contribution in [-0.2, 0) is 25.8 Å². The molecule has 1 aliphatic heterocycles. The highest BCUT2D eigenvalue weighted by molar-refractivity contribution is 6.23. The van der Waals surface area contributed by atoms with Crippen molar-refractivity contribution in [2.24, 2.45) is 0 Å². The summed E-state index contributed by atoms with van der Waals surface area (Å²) in [6, 6.07) is 6.88. The number of hydrogen-bond donors (Lipinski definition) is 0. The van der Waals surface area contributed by atoms with Gasteiger partial charge in [0.05, 0.1) is 17.9 Å². The zero-order chi connectivity index (χ0) is 29.3. The first-order valence-corrected chi connectivity index (χ1v) is 12.0. The van der Waals surface area contributed by atoms with Crippen molar-refractivity contribution in [2.45, 2.75) is 51.9 Å². The molecule has 2 aromatic rings. The Morgan fingerprint density at radius 1 is 1.08 bits per heavy atom. The fourth-order valence-corrected chi connectivity index (χ4v) is 4.04. The van der Waals surface area contributed by atoms with Crippen molar-refractivity contribution in [1.29, 1.82) is 0 Å². The van der Waals surface area contributed by atoms with Crippen molar-refractivity contribution in [3.8, 4) is 0 Å². The van der Waals surface area contributed by atoms with E-state index >= 15 is 0 Å². The van der Waals surface area contributed by atoms with Crippen LogP contribution < -0.4 is 9.96 Å². The van der Waals surface area contributed by atoms with Crippen LogP contribution in [0.2, 0.25) is 0 Å². The van der Waals surface area contributed by atoms with Gasteiger partial charge in [-0.15, -0.1) is 5.06 Å². The van der Waals surface area contributed by atoms with Crippen molar-refractivity contribution in [3.63, 3.8) is 0 Å². The number of benzene rings is 1. The van der Waals surface area contributed by atoms with Crippen LogP contribution in [0.1, 0.15) is 44.7 Å². The van der Waals surface area contributed by atoms with Gasteiger partial charge in [0.25, 0.3) is 11.8 Å². The number of pyridine rings is 1. The maximum atomic E-state index is 13.5. The number of hydrogen-bond acceptors (Lipinski definition) is 7. The van der Waals surface area contributed by atoms with E-state index in [-0.39, 0.29) is 35.4 Å². The maximum absolute atomic E-state index is 13.5. The molecule has 0 N–H and O–H groups in total. The second-order valence-corrected chi connectivity index (χ2v) is 10.1. The van der Waals surface area contributed by atoms with E-state index in [0.717, 1.165) is 10.5 Å². The normalized spacial score (nSPS) is 15.4. The monoisotopic (exact) mass is 549 g/mol. The molecule has 1 aliphatic rings. The Morgan fingerprint density at radius 2 is 1.69 bits per heavy atom. The molecule has 0 bridgehead atoms. The predicted octanol–water partition coefficient (Wildman–Crippen LogP) is 3.87. The molecule has 0 unspecified atom stereocenters. The third kappa shape index (κ3) is 6.19. The van der Waals surface area contributed by atoms with Crippen LogP contribution in [0.5, 0.6) is 0 Å². The number of aromatic nitrogens is 1. The Labute approximate surface area is 223 Å². The van der Waals surface area contributed by atoms with Gasteiger partial charge in [-0.1, -0.05) is 19.9 Å². The number of amides is 4. The molecule has 0 aliphatic carbocycles. The number of alkyl halides is 3. The van der Waals surface area contributed by atoms with E-state index in [4.69, 9.17) is 0 Å². The van der Waals surface area contributed by atoms with Crippen molar-refractivity contribution < 1.29 is 37.2 Å². The highest BCUT2D eigenvalue weighted by Crippen LogP contribution is 2.38. The van der Waals surface area contributed by atoms with E-state index in [2.05, 4.69) is 9.82 Å². The number of halogens is 3. The lowest BCUT2D eigenvalue weighted by Gasteiger charge is -2.27. The van der Waals surface area contributed by atoms with Gasteiger partial charge >= 0.3 is 18.2 Å². The van der Waals surface area contributed by atoms with E-state index in [1.807, 2.05) is 0 Å². The van der Waals surface area contributed by atoms with E-state index < -0.39 is 35.5 Å². The van der Waals surface area contributed by atoms with Crippen molar-refractivity contribution in [1.82, 2.24) is 14.8 Å². The summed E-state index contributed by atoms with van der Waals surface area (Å²) >= 11 is 0. The van der Waals surface area contributed by atoms with Crippen LogP contribution >= 0.6 is 0 Å². The van der Waals surface area contributed by atoms with Crippen molar-refractivity contribution in [2.75, 3.05) is 30.6 Å². The Morgan fingerprint density at radius 3 is 2.23 bits per heavy atom. The minimum Gasteiger partial charge on any atom is -0.324 e. The highest BCUT2D eigenvalue weighted by atomic mass is 19.4. The molecule has 1 aromatic carbocycles. The summed E-state index contributed by atoms with van der Waals surface area (Å²) in [6.07, 6.45) is -2.26. The quantitative estimate of drug-likeness (QED) is 0.382. The summed E-state index contributed by atoms with van der Waals surface area (Å²) in [7, 11) is 3.03. The fraction of sp³-hybridized carbons (Fsp3) is 0.423. The number of carbonyl (C=O) groups excluding carboxylic acids is 4. The number of urea groups is 1. The number of rotatable bonds is 7. The van der Waals surface area contributed by atoms with Gasteiger partial charge in [-0.3, -0.25) is 14.6 Å². The second kappa shape index (κ2) is 11.0. The molecule has 10 nitrogen and oxygen atoms in total. The summed E-state index contributed by atoms with van der Waals surface area (Å²) in [5, 5.41) is 0.277. The number of hydroxylamine groups is 1. The minimum atomic E-state index is -5.37. The van der Waals surface area contributed by atoms with Crippen molar-refractivity contribution in [3.05, 3.63) is 53.9 Å². The lowest BCUT2D eigenvalue weighted by atomic mass is 9.99. The number of imide groups is 1. The number of likely N-dealkylation sites (N-methyl/N-ethyl adjacent to an activating group) is 1. The highest BCUT2D eigenvalue weighted by Gasteiger charge is 2.52. The fourth-order valence-electron chi connectivity index (χ4n) is 4.04. The molecule has 4 amide bonds. The molecule has 3 rings (SSSR count). The largest absolute Gasteiger partial charge is 0.493 e. The molecule has 1 aromatic heterocycles. The van der Waals surface area contributed by atoms with Gasteiger partial charge in [0.15, 0.2) is 0 Å². The van der Waals surface area contributed by atoms with Gasteiger partial charge in [0.1, 0.15) is 5.54 Å². The summed E-state index contributed by atoms with van der Waals surface area (Å²) in [5.74, 6) is -4.47. The summed E-state index contributed by atoms with van der Waals surface area (Å²) in [6.45, 7) is 6.33. The number of anilines is 2. The van der Waals surface area contributed by atoms with Gasteiger partial charge in [-0.05, 0) is 69.3 Å². The van der Waals surface area contributed by atoms with Crippen LogP contribution in [0.25, 0.3) is 0 Å². The Bertz CT molecular complexity index is 1260. The van der Waals surface area contributed by atoms with Crippen LogP contribution in [0, 0.1) is 0 Å². The molecule has 0 atom stereocenters. The minimum absolute atomic E-state index is 0.000383. The van der Waals surface area contributed by atoms with Crippen molar-refractivity contribution >= 4 is 35.2 Å². The zero-order valence-electron chi connectivity index (χ0n) is 22.4.